The van der Waals surface area contributed by atoms with E-state index in [4.69, 9.17) is 4.74 Å². The molecule has 1 unspecified atom stereocenters. The second kappa shape index (κ2) is 7.83. The summed E-state index contributed by atoms with van der Waals surface area (Å²) in [4.78, 5) is 26.8. The van der Waals surface area contributed by atoms with Gasteiger partial charge in [-0.25, -0.2) is 14.7 Å². The summed E-state index contributed by atoms with van der Waals surface area (Å²) in [5.41, 5.74) is -1.69. The van der Waals surface area contributed by atoms with Gasteiger partial charge in [-0.2, -0.15) is 13.2 Å². The van der Waals surface area contributed by atoms with E-state index in [0.29, 0.717) is 4.90 Å². The maximum Gasteiger partial charge on any atom is 0.416 e. The molecule has 0 aliphatic carbocycles. The van der Waals surface area contributed by atoms with Crippen molar-refractivity contribution in [3.63, 3.8) is 0 Å². The molecule has 0 saturated heterocycles. The van der Waals surface area contributed by atoms with Crippen LogP contribution >= 0.6 is 0 Å². The van der Waals surface area contributed by atoms with Gasteiger partial charge < -0.3 is 4.74 Å². The van der Waals surface area contributed by atoms with Gasteiger partial charge in [-0.1, -0.05) is 30.3 Å². The van der Waals surface area contributed by atoms with Gasteiger partial charge in [0.15, 0.2) is 6.04 Å². The minimum absolute atomic E-state index is 0.207. The number of aromatic nitrogens is 1. The van der Waals surface area contributed by atoms with Crippen LogP contribution in [0.15, 0.2) is 48.7 Å². The number of hydrogen-bond donors (Lipinski definition) is 0. The lowest BCUT2D eigenvalue weighted by Crippen LogP contribution is -2.45. The number of nitro groups is 1. The third-order valence-electron chi connectivity index (χ3n) is 3.46. The second-order valence-corrected chi connectivity index (χ2v) is 6.84. The first-order valence-corrected chi connectivity index (χ1v) is 8.14. The van der Waals surface area contributed by atoms with Crippen LogP contribution in [0.1, 0.15) is 32.4 Å². The van der Waals surface area contributed by atoms with Crippen molar-refractivity contribution in [2.24, 2.45) is 0 Å². The monoisotopic (exact) mass is 397 g/mol. The largest absolute Gasteiger partial charge is 0.443 e. The Morgan fingerprint density at radius 1 is 1.14 bits per heavy atom. The van der Waals surface area contributed by atoms with E-state index >= 15 is 0 Å². The van der Waals surface area contributed by atoms with Crippen LogP contribution in [-0.4, -0.2) is 27.8 Å². The lowest BCUT2D eigenvalue weighted by Gasteiger charge is -2.34. The predicted molar refractivity (Wildman–Crippen MR) is 94.8 cm³/mol. The van der Waals surface area contributed by atoms with Crippen LogP contribution in [0, 0.1) is 10.1 Å². The van der Waals surface area contributed by atoms with Gasteiger partial charge in [0, 0.05) is 6.07 Å². The zero-order valence-electron chi connectivity index (χ0n) is 15.3. The molecule has 1 aromatic heterocycles. The Morgan fingerprint density at radius 2 is 1.75 bits per heavy atom. The van der Waals surface area contributed by atoms with Crippen molar-refractivity contribution >= 4 is 17.6 Å². The topological polar surface area (TPSA) is 85.6 Å². The highest BCUT2D eigenvalue weighted by molar-refractivity contribution is 5.88. The molecule has 0 radical (unpaired) electrons. The highest BCUT2D eigenvalue weighted by Crippen LogP contribution is 2.40. The number of nitrogens with zero attached hydrogens (tertiary/aromatic N) is 3. The number of anilines is 1. The van der Waals surface area contributed by atoms with Crippen molar-refractivity contribution in [3.05, 3.63) is 64.3 Å². The van der Waals surface area contributed by atoms with E-state index in [2.05, 4.69) is 4.98 Å². The number of carbonyl (C=O) groups excluding carboxylic acids is 1. The first kappa shape index (κ1) is 21.1. The van der Waals surface area contributed by atoms with Crippen LogP contribution in [0.25, 0.3) is 0 Å². The third-order valence-corrected chi connectivity index (χ3v) is 3.46. The molecule has 0 spiro atoms. The zero-order chi connectivity index (χ0) is 21.1. The Balaban J connectivity index is 2.61. The number of carbonyl (C=O) groups is 1. The second-order valence-electron chi connectivity index (χ2n) is 6.84. The standard InChI is InChI=1S/C18H18F3N3O4/c1-17(2,3)28-16(25)23(14-10-9-13(11-22-14)24(26)27)15(18(19,20)21)12-7-5-4-6-8-12/h4-11,15H,1-3H3. The number of rotatable bonds is 4. The van der Waals surface area contributed by atoms with Gasteiger partial charge in [0.05, 0.1) is 4.92 Å². The summed E-state index contributed by atoms with van der Waals surface area (Å²) in [6.07, 6.45) is -5.35. The minimum atomic E-state index is -4.86. The first-order valence-electron chi connectivity index (χ1n) is 8.14. The lowest BCUT2D eigenvalue weighted by atomic mass is 10.0. The van der Waals surface area contributed by atoms with Crippen LogP contribution in [0.2, 0.25) is 0 Å². The molecule has 1 atom stereocenters. The predicted octanol–water partition coefficient (Wildman–Crippen LogP) is 5.03. The molecule has 0 aliphatic rings. The molecular weight excluding hydrogens is 379 g/mol. The van der Waals surface area contributed by atoms with Crippen molar-refractivity contribution in [1.82, 2.24) is 4.98 Å². The summed E-state index contributed by atoms with van der Waals surface area (Å²) in [5, 5.41) is 10.8. The van der Waals surface area contributed by atoms with Crippen LogP contribution in [0.3, 0.4) is 0 Å². The van der Waals surface area contributed by atoms with Gasteiger partial charge >= 0.3 is 12.3 Å². The molecule has 1 aromatic carbocycles. The normalized spacial score (nSPS) is 12.9. The minimum Gasteiger partial charge on any atom is -0.443 e. The molecular formula is C18H18F3N3O4. The van der Waals surface area contributed by atoms with E-state index in [1.54, 1.807) is 6.07 Å². The highest BCUT2D eigenvalue weighted by Gasteiger charge is 2.49. The van der Waals surface area contributed by atoms with Crippen LogP contribution in [-0.2, 0) is 4.74 Å². The summed E-state index contributed by atoms with van der Waals surface area (Å²) < 4.78 is 47.0. The quantitative estimate of drug-likeness (QED) is 0.533. The fourth-order valence-corrected chi connectivity index (χ4v) is 2.39. The molecule has 150 valence electrons. The van der Waals surface area contributed by atoms with E-state index < -0.39 is 40.3 Å². The summed E-state index contributed by atoms with van der Waals surface area (Å²) in [6, 6.07) is 6.36. The average molecular weight is 397 g/mol. The first-order chi connectivity index (χ1) is 12.9. The Bertz CT molecular complexity index is 834. The molecule has 1 heterocycles. The molecule has 0 aliphatic heterocycles. The van der Waals surface area contributed by atoms with Gasteiger partial charge in [-0.05, 0) is 32.4 Å². The molecule has 0 saturated carbocycles. The zero-order valence-corrected chi connectivity index (χ0v) is 15.3. The number of halogens is 3. The number of hydrogen-bond acceptors (Lipinski definition) is 5. The Morgan fingerprint density at radius 3 is 2.18 bits per heavy atom. The van der Waals surface area contributed by atoms with Gasteiger partial charge in [0.2, 0.25) is 0 Å². The SMILES string of the molecule is CC(C)(C)OC(=O)N(c1ccc([N+](=O)[O-])cn1)C(c1ccccc1)C(F)(F)F. The number of alkyl halides is 3. The Kier molecular flexibility index (Phi) is 5.91. The van der Waals surface area contributed by atoms with E-state index in [-0.39, 0.29) is 5.56 Å². The maximum absolute atomic E-state index is 14.0. The number of benzene rings is 1. The molecule has 7 nitrogen and oxygen atoms in total. The van der Waals surface area contributed by atoms with Gasteiger partial charge in [-0.3, -0.25) is 10.1 Å². The van der Waals surface area contributed by atoms with Crippen molar-refractivity contribution in [2.75, 3.05) is 4.90 Å². The van der Waals surface area contributed by atoms with Gasteiger partial charge in [0.25, 0.3) is 5.69 Å². The fraction of sp³-hybridized carbons (Fsp3) is 0.333. The molecule has 0 N–H and O–H groups in total. The molecule has 1 amide bonds. The van der Waals surface area contributed by atoms with Crippen LogP contribution < -0.4 is 4.90 Å². The molecule has 28 heavy (non-hydrogen) atoms. The Labute approximate surface area is 158 Å². The fourth-order valence-electron chi connectivity index (χ4n) is 2.39. The summed E-state index contributed by atoms with van der Waals surface area (Å²) >= 11 is 0. The van der Waals surface area contributed by atoms with E-state index in [1.807, 2.05) is 0 Å². The molecule has 2 rings (SSSR count). The van der Waals surface area contributed by atoms with E-state index in [1.165, 1.54) is 45.0 Å². The maximum atomic E-state index is 14.0. The molecule has 2 aromatic rings. The summed E-state index contributed by atoms with van der Waals surface area (Å²) in [5.74, 6) is -0.425. The van der Waals surface area contributed by atoms with Gasteiger partial charge in [-0.15, -0.1) is 0 Å². The molecule has 10 heteroatoms. The van der Waals surface area contributed by atoms with Crippen molar-refractivity contribution in [1.29, 1.82) is 0 Å². The van der Waals surface area contributed by atoms with Gasteiger partial charge in [0.1, 0.15) is 17.6 Å². The number of ether oxygens (including phenoxy) is 1. The van der Waals surface area contributed by atoms with Crippen molar-refractivity contribution in [3.8, 4) is 0 Å². The molecule has 0 bridgehead atoms. The lowest BCUT2D eigenvalue weighted by molar-refractivity contribution is -0.385. The smallest absolute Gasteiger partial charge is 0.416 e. The van der Waals surface area contributed by atoms with Crippen molar-refractivity contribution in [2.45, 2.75) is 38.6 Å². The van der Waals surface area contributed by atoms with Crippen LogP contribution in [0.4, 0.5) is 29.5 Å². The number of amides is 1. The van der Waals surface area contributed by atoms with Crippen molar-refractivity contribution < 1.29 is 27.6 Å². The Hall–Kier alpha value is -3.17. The average Bonchev–Trinajstić information content (AvgIpc) is 2.57. The number of pyridine rings is 1. The summed E-state index contributed by atoms with van der Waals surface area (Å²) in [7, 11) is 0. The van der Waals surface area contributed by atoms with Crippen LogP contribution in [0.5, 0.6) is 0 Å². The van der Waals surface area contributed by atoms with E-state index in [9.17, 15) is 28.1 Å². The highest BCUT2D eigenvalue weighted by atomic mass is 19.4. The molecule has 0 fully saturated rings. The summed E-state index contributed by atoms with van der Waals surface area (Å²) in [6.45, 7) is 4.53. The third kappa shape index (κ3) is 5.18. The van der Waals surface area contributed by atoms with E-state index in [0.717, 1.165) is 18.3 Å².